The molecule has 0 radical (unpaired) electrons. The van der Waals surface area contributed by atoms with Crippen molar-refractivity contribution in [3.8, 4) is 0 Å². The number of ether oxygens (including phenoxy) is 1. The molecule has 0 saturated heterocycles. The zero-order chi connectivity index (χ0) is 15.6. The number of halogens is 1. The number of fused-ring (bicyclic) bond motifs is 1. The summed E-state index contributed by atoms with van der Waals surface area (Å²) in [7, 11) is 0. The maximum absolute atomic E-state index is 12.0. The van der Waals surface area contributed by atoms with Crippen molar-refractivity contribution in [2.24, 2.45) is 0 Å². The monoisotopic (exact) mass is 306 g/mol. The Balaban J connectivity index is 2.24. The number of rotatable bonds is 3. The molecule has 2 rings (SSSR count). The number of carbonyl (C=O) groups is 1. The van der Waals surface area contributed by atoms with Crippen molar-refractivity contribution in [1.29, 1.82) is 0 Å². The Morgan fingerprint density at radius 2 is 2.05 bits per heavy atom. The number of nitrogens with zero attached hydrogens (tertiary/aromatic N) is 1. The van der Waals surface area contributed by atoms with E-state index >= 15 is 0 Å². The average Bonchev–Trinajstić information content (AvgIpc) is 2.40. The van der Waals surface area contributed by atoms with Gasteiger partial charge < -0.3 is 10.1 Å². The molecule has 0 aliphatic carbocycles. The van der Waals surface area contributed by atoms with Crippen molar-refractivity contribution in [2.75, 3.05) is 5.32 Å². The normalized spacial score (nSPS) is 13.0. The van der Waals surface area contributed by atoms with Crippen LogP contribution in [0.3, 0.4) is 0 Å². The van der Waals surface area contributed by atoms with Crippen LogP contribution in [0.15, 0.2) is 30.5 Å². The number of hydrogen-bond acceptors (Lipinski definition) is 4. The van der Waals surface area contributed by atoms with E-state index in [1.165, 1.54) is 0 Å². The summed E-state index contributed by atoms with van der Waals surface area (Å²) < 4.78 is 5.36. The summed E-state index contributed by atoms with van der Waals surface area (Å²) in [6.45, 7) is 7.29. The number of hydrogen-bond donors (Lipinski definition) is 1. The topological polar surface area (TPSA) is 51.2 Å². The molecule has 0 spiro atoms. The summed E-state index contributed by atoms with van der Waals surface area (Å²) in [5.74, 6) is -0.304. The first-order valence-corrected chi connectivity index (χ1v) is 7.18. The molecule has 112 valence electrons. The van der Waals surface area contributed by atoms with Crippen LogP contribution in [0.5, 0.6) is 0 Å². The van der Waals surface area contributed by atoms with Gasteiger partial charge in [-0.2, -0.15) is 0 Å². The Morgan fingerprint density at radius 3 is 2.71 bits per heavy atom. The van der Waals surface area contributed by atoms with E-state index in [4.69, 9.17) is 16.3 Å². The van der Waals surface area contributed by atoms with Crippen molar-refractivity contribution >= 4 is 34.2 Å². The number of aromatic nitrogens is 1. The molecule has 1 aromatic heterocycles. The van der Waals surface area contributed by atoms with Crippen LogP contribution in [-0.2, 0) is 9.53 Å². The van der Waals surface area contributed by atoms with Crippen LogP contribution in [0.25, 0.3) is 10.9 Å². The highest BCUT2D eigenvalue weighted by Crippen LogP contribution is 2.28. The number of pyridine rings is 1. The summed E-state index contributed by atoms with van der Waals surface area (Å²) in [5, 5.41) is 4.62. The van der Waals surface area contributed by atoms with E-state index in [1.807, 2.05) is 39.0 Å². The lowest BCUT2D eigenvalue weighted by Crippen LogP contribution is -2.34. The van der Waals surface area contributed by atoms with Gasteiger partial charge in [0.25, 0.3) is 0 Å². The van der Waals surface area contributed by atoms with Gasteiger partial charge in [-0.3, -0.25) is 4.98 Å². The van der Waals surface area contributed by atoms with Gasteiger partial charge >= 0.3 is 5.97 Å². The maximum atomic E-state index is 12.0. The summed E-state index contributed by atoms with van der Waals surface area (Å²) >= 11 is 6.16. The van der Waals surface area contributed by atoms with Gasteiger partial charge in [0.2, 0.25) is 0 Å². The van der Waals surface area contributed by atoms with E-state index in [0.717, 1.165) is 16.6 Å². The number of anilines is 1. The molecular formula is C16H19ClN2O2. The minimum Gasteiger partial charge on any atom is -0.458 e. The molecule has 1 N–H and O–H groups in total. The summed E-state index contributed by atoms with van der Waals surface area (Å²) in [5.41, 5.74) is 0.988. The van der Waals surface area contributed by atoms with Crippen molar-refractivity contribution in [1.82, 2.24) is 4.98 Å². The summed E-state index contributed by atoms with van der Waals surface area (Å²) in [6.07, 6.45) is 1.70. The Bertz CT molecular complexity index is 665. The fourth-order valence-corrected chi connectivity index (χ4v) is 2.15. The predicted octanol–water partition coefficient (Wildman–Crippen LogP) is 4.03. The zero-order valence-electron chi connectivity index (χ0n) is 12.6. The Kier molecular flexibility index (Phi) is 4.37. The lowest BCUT2D eigenvalue weighted by atomic mass is 10.1. The Hall–Kier alpha value is -1.81. The highest BCUT2D eigenvalue weighted by molar-refractivity contribution is 6.35. The highest BCUT2D eigenvalue weighted by Gasteiger charge is 2.22. The van der Waals surface area contributed by atoms with Gasteiger partial charge in [-0.05, 0) is 52.0 Å². The van der Waals surface area contributed by atoms with Gasteiger partial charge in [-0.1, -0.05) is 11.6 Å². The SMILES string of the molecule is CC(Nc1ccc(Cl)c2cccnc12)C(=O)OC(C)(C)C. The third kappa shape index (κ3) is 3.85. The average molecular weight is 307 g/mol. The lowest BCUT2D eigenvalue weighted by Gasteiger charge is -2.23. The van der Waals surface area contributed by atoms with Gasteiger partial charge in [0, 0.05) is 11.6 Å². The van der Waals surface area contributed by atoms with Gasteiger partial charge in [0.15, 0.2) is 0 Å². The van der Waals surface area contributed by atoms with Gasteiger partial charge in [-0.25, -0.2) is 4.79 Å². The molecule has 0 aliphatic rings. The molecule has 5 heteroatoms. The second-order valence-corrected chi connectivity index (χ2v) is 6.30. The Morgan fingerprint density at radius 1 is 1.33 bits per heavy atom. The number of benzene rings is 1. The molecule has 21 heavy (non-hydrogen) atoms. The van der Waals surface area contributed by atoms with Crippen LogP contribution >= 0.6 is 11.6 Å². The lowest BCUT2D eigenvalue weighted by molar-refractivity contribution is -0.155. The van der Waals surface area contributed by atoms with Gasteiger partial charge in [-0.15, -0.1) is 0 Å². The van der Waals surface area contributed by atoms with Crippen molar-refractivity contribution in [3.63, 3.8) is 0 Å². The van der Waals surface area contributed by atoms with E-state index in [9.17, 15) is 4.79 Å². The first kappa shape index (κ1) is 15.6. The molecular weight excluding hydrogens is 288 g/mol. The van der Waals surface area contributed by atoms with Crippen LogP contribution in [0.2, 0.25) is 5.02 Å². The molecule has 0 saturated carbocycles. The molecule has 2 aromatic rings. The zero-order valence-corrected chi connectivity index (χ0v) is 13.4. The molecule has 0 amide bonds. The van der Waals surface area contributed by atoms with Crippen molar-refractivity contribution in [3.05, 3.63) is 35.5 Å². The van der Waals surface area contributed by atoms with Crippen LogP contribution in [-0.4, -0.2) is 22.6 Å². The second kappa shape index (κ2) is 5.90. The molecule has 1 heterocycles. The van der Waals surface area contributed by atoms with Crippen LogP contribution in [0.4, 0.5) is 5.69 Å². The molecule has 1 aromatic carbocycles. The van der Waals surface area contributed by atoms with E-state index < -0.39 is 11.6 Å². The van der Waals surface area contributed by atoms with E-state index in [-0.39, 0.29) is 5.97 Å². The largest absolute Gasteiger partial charge is 0.458 e. The standard InChI is InChI=1S/C16H19ClN2O2/c1-10(15(20)21-16(2,3)4)19-13-8-7-12(17)11-6-5-9-18-14(11)13/h5-10,19H,1-4H3. The van der Waals surface area contributed by atoms with Gasteiger partial charge in [0.05, 0.1) is 16.2 Å². The summed E-state index contributed by atoms with van der Waals surface area (Å²) in [6, 6.07) is 6.85. The third-order valence-corrected chi connectivity index (χ3v) is 3.18. The van der Waals surface area contributed by atoms with Crippen molar-refractivity contribution < 1.29 is 9.53 Å². The highest BCUT2D eigenvalue weighted by atomic mass is 35.5. The number of carbonyl (C=O) groups excluding carboxylic acids is 1. The maximum Gasteiger partial charge on any atom is 0.328 e. The van der Waals surface area contributed by atoms with Crippen LogP contribution in [0, 0.1) is 0 Å². The summed E-state index contributed by atoms with van der Waals surface area (Å²) in [4.78, 5) is 16.4. The third-order valence-electron chi connectivity index (χ3n) is 2.85. The fourth-order valence-electron chi connectivity index (χ4n) is 1.94. The smallest absolute Gasteiger partial charge is 0.328 e. The molecule has 4 nitrogen and oxygen atoms in total. The number of nitrogens with one attached hydrogen (secondary N) is 1. The number of esters is 1. The Labute approximate surface area is 129 Å². The van der Waals surface area contributed by atoms with E-state index in [0.29, 0.717) is 5.02 Å². The first-order valence-electron chi connectivity index (χ1n) is 6.80. The molecule has 0 fully saturated rings. The quantitative estimate of drug-likeness (QED) is 0.870. The predicted molar refractivity (Wildman–Crippen MR) is 85.7 cm³/mol. The molecule has 0 bridgehead atoms. The van der Waals surface area contributed by atoms with Crippen molar-refractivity contribution in [2.45, 2.75) is 39.3 Å². The minimum atomic E-state index is -0.507. The second-order valence-electron chi connectivity index (χ2n) is 5.89. The molecule has 1 atom stereocenters. The van der Waals surface area contributed by atoms with Crippen LogP contribution < -0.4 is 5.32 Å². The minimum absolute atomic E-state index is 0.304. The van der Waals surface area contributed by atoms with Crippen LogP contribution in [0.1, 0.15) is 27.7 Å². The van der Waals surface area contributed by atoms with E-state index in [2.05, 4.69) is 10.3 Å². The molecule has 0 aliphatic heterocycles. The van der Waals surface area contributed by atoms with E-state index in [1.54, 1.807) is 19.2 Å². The first-order chi connectivity index (χ1) is 9.78. The molecule has 1 unspecified atom stereocenters. The fraction of sp³-hybridized carbons (Fsp3) is 0.375. The van der Waals surface area contributed by atoms with Gasteiger partial charge in [0.1, 0.15) is 11.6 Å².